The van der Waals surface area contributed by atoms with Crippen molar-refractivity contribution in [2.24, 2.45) is 0 Å². The zero-order chi connectivity index (χ0) is 17.1. The highest BCUT2D eigenvalue weighted by atomic mass is 16.6. The van der Waals surface area contributed by atoms with Gasteiger partial charge in [-0.1, -0.05) is 0 Å². The summed E-state index contributed by atoms with van der Waals surface area (Å²) in [4.78, 5) is 33.3. The van der Waals surface area contributed by atoms with Crippen LogP contribution in [0.25, 0.3) is 0 Å². The lowest BCUT2D eigenvalue weighted by Crippen LogP contribution is -2.30. The molecular weight excluding hydrogens is 306 g/mol. The van der Waals surface area contributed by atoms with E-state index in [9.17, 15) is 25.0 Å². The molecule has 0 radical (unpaired) electrons. The van der Waals surface area contributed by atoms with Gasteiger partial charge in [0, 0.05) is 5.70 Å². The van der Waals surface area contributed by atoms with E-state index in [0.29, 0.717) is 12.0 Å². The second-order valence-electron chi connectivity index (χ2n) is 4.58. The fraction of sp³-hybridized carbons (Fsp3) is 0.214. The van der Waals surface area contributed by atoms with Crippen LogP contribution in [-0.2, 0) is 14.3 Å². The predicted octanol–water partition coefficient (Wildman–Crippen LogP) is 1.30. The predicted molar refractivity (Wildman–Crippen MR) is 74.7 cm³/mol. The highest BCUT2D eigenvalue weighted by Crippen LogP contribution is 2.39. The molecule has 2 heterocycles. The Morgan fingerprint density at radius 3 is 2.74 bits per heavy atom. The van der Waals surface area contributed by atoms with Crippen LogP contribution in [0.3, 0.4) is 0 Å². The largest absolute Gasteiger partial charge is 0.466 e. The van der Waals surface area contributed by atoms with Crippen LogP contribution in [-0.4, -0.2) is 24.3 Å². The zero-order valence-electron chi connectivity index (χ0n) is 12.2. The number of carbonyl (C=O) groups excluding carboxylic acids is 2. The second-order valence-corrected chi connectivity index (χ2v) is 4.58. The minimum atomic E-state index is -1.07. The van der Waals surface area contributed by atoms with Gasteiger partial charge >= 0.3 is 11.9 Å². The van der Waals surface area contributed by atoms with Crippen molar-refractivity contribution in [2.75, 3.05) is 7.11 Å². The smallest absolute Gasteiger partial charge is 0.433 e. The average molecular weight is 317 g/mol. The van der Waals surface area contributed by atoms with Crippen molar-refractivity contribution < 1.29 is 23.7 Å². The lowest BCUT2D eigenvalue weighted by molar-refractivity contribution is -0.402. The number of hydrogen-bond donors (Lipinski definition) is 1. The normalized spacial score (nSPS) is 17.3. The van der Waals surface area contributed by atoms with Gasteiger partial charge in [0.2, 0.25) is 0 Å². The van der Waals surface area contributed by atoms with E-state index in [1.807, 2.05) is 6.07 Å². The van der Waals surface area contributed by atoms with Crippen molar-refractivity contribution >= 4 is 18.1 Å². The molecule has 0 aliphatic carbocycles. The third-order valence-corrected chi connectivity index (χ3v) is 3.31. The molecule has 9 heteroatoms. The maximum absolute atomic E-state index is 12.0. The molecule has 0 saturated heterocycles. The number of nitrogens with one attached hydrogen (secondary N) is 1. The summed E-state index contributed by atoms with van der Waals surface area (Å²) < 4.78 is 9.77. The second kappa shape index (κ2) is 6.15. The van der Waals surface area contributed by atoms with E-state index in [0.717, 1.165) is 13.2 Å². The van der Waals surface area contributed by atoms with Crippen LogP contribution in [0.1, 0.15) is 18.6 Å². The minimum absolute atomic E-state index is 0.00569. The van der Waals surface area contributed by atoms with Gasteiger partial charge < -0.3 is 14.5 Å². The average Bonchev–Trinajstić information content (AvgIpc) is 3.02. The van der Waals surface area contributed by atoms with Gasteiger partial charge in [-0.3, -0.25) is 14.9 Å². The van der Waals surface area contributed by atoms with Crippen LogP contribution < -0.4 is 5.32 Å². The molecule has 1 aliphatic rings. The first-order valence-electron chi connectivity index (χ1n) is 6.34. The quantitative estimate of drug-likeness (QED) is 0.380. The number of dihydropyridines is 1. The molecule has 0 fully saturated rings. The maximum atomic E-state index is 12.0. The van der Waals surface area contributed by atoms with Gasteiger partial charge in [-0.05, 0) is 13.0 Å². The Hall–Kier alpha value is -3.41. The molecule has 0 bridgehead atoms. The summed E-state index contributed by atoms with van der Waals surface area (Å²) in [5, 5.41) is 22.8. The van der Waals surface area contributed by atoms with E-state index >= 15 is 0 Å². The fourth-order valence-corrected chi connectivity index (χ4v) is 2.31. The van der Waals surface area contributed by atoms with Gasteiger partial charge in [0.15, 0.2) is 6.29 Å². The number of carbonyl (C=O) groups is 2. The Balaban J connectivity index is 2.68. The zero-order valence-corrected chi connectivity index (χ0v) is 12.2. The molecule has 0 saturated carbocycles. The van der Waals surface area contributed by atoms with Crippen LogP contribution in [0.2, 0.25) is 0 Å². The molecule has 1 atom stereocenters. The number of nitro groups is 1. The number of nitriles is 1. The summed E-state index contributed by atoms with van der Waals surface area (Å²) in [5.74, 6) is -2.45. The van der Waals surface area contributed by atoms with Gasteiger partial charge in [0.1, 0.15) is 10.7 Å². The SMILES string of the molecule is COC(=O)C1=C(C=O)NC(C)=C(C#N)C1c1ccc([N+](=O)[O-])o1. The van der Waals surface area contributed by atoms with Crippen molar-refractivity contribution in [3.8, 4) is 6.07 Å². The Morgan fingerprint density at radius 2 is 2.26 bits per heavy atom. The molecule has 2 rings (SSSR count). The topological polar surface area (TPSA) is 135 Å². The van der Waals surface area contributed by atoms with Crippen LogP contribution in [0.4, 0.5) is 5.88 Å². The van der Waals surface area contributed by atoms with Gasteiger partial charge in [0.05, 0.1) is 42.0 Å². The number of hydrogen-bond acceptors (Lipinski definition) is 8. The minimum Gasteiger partial charge on any atom is -0.466 e. The van der Waals surface area contributed by atoms with Gasteiger partial charge in [-0.2, -0.15) is 5.26 Å². The lowest BCUT2D eigenvalue weighted by Gasteiger charge is -2.25. The number of allylic oxidation sites excluding steroid dienone is 3. The van der Waals surface area contributed by atoms with E-state index in [1.54, 1.807) is 6.92 Å². The summed E-state index contributed by atoms with van der Waals surface area (Å²) in [5.41, 5.74) is 0.206. The number of methoxy groups -OCH3 is 1. The van der Waals surface area contributed by atoms with Crippen LogP contribution >= 0.6 is 0 Å². The number of nitrogens with zero attached hydrogens (tertiary/aromatic N) is 2. The summed E-state index contributed by atoms with van der Waals surface area (Å²) >= 11 is 0. The van der Waals surface area contributed by atoms with Crippen LogP contribution in [0.5, 0.6) is 0 Å². The monoisotopic (exact) mass is 317 g/mol. The van der Waals surface area contributed by atoms with Crippen molar-refractivity contribution in [3.63, 3.8) is 0 Å². The summed E-state index contributed by atoms with van der Waals surface area (Å²) in [6.07, 6.45) is 0.411. The molecule has 1 unspecified atom stereocenters. The molecule has 118 valence electrons. The number of ether oxygens (including phenoxy) is 1. The first kappa shape index (κ1) is 16.0. The van der Waals surface area contributed by atoms with Gasteiger partial charge in [-0.15, -0.1) is 0 Å². The Kier molecular flexibility index (Phi) is 4.27. The molecule has 1 N–H and O–H groups in total. The summed E-state index contributed by atoms with van der Waals surface area (Å²) in [6.45, 7) is 1.54. The first-order chi connectivity index (χ1) is 10.9. The van der Waals surface area contributed by atoms with Gasteiger partial charge in [-0.25, -0.2) is 4.79 Å². The molecular formula is C14H11N3O6. The molecule has 9 nitrogen and oxygen atoms in total. The number of esters is 1. The number of rotatable bonds is 4. The molecule has 1 aliphatic heterocycles. The fourth-order valence-electron chi connectivity index (χ4n) is 2.31. The summed E-state index contributed by atoms with van der Waals surface area (Å²) in [7, 11) is 1.12. The summed E-state index contributed by atoms with van der Waals surface area (Å²) in [6, 6.07) is 4.31. The molecule has 0 aromatic carbocycles. The van der Waals surface area contributed by atoms with Crippen LogP contribution in [0.15, 0.2) is 39.1 Å². The molecule has 0 spiro atoms. The van der Waals surface area contributed by atoms with Crippen molar-refractivity contribution in [1.82, 2.24) is 5.32 Å². The third-order valence-electron chi connectivity index (χ3n) is 3.31. The Bertz CT molecular complexity index is 796. The molecule has 23 heavy (non-hydrogen) atoms. The molecule has 1 aromatic heterocycles. The van der Waals surface area contributed by atoms with Crippen LogP contribution in [0, 0.1) is 21.4 Å². The van der Waals surface area contributed by atoms with E-state index in [-0.39, 0.29) is 22.6 Å². The van der Waals surface area contributed by atoms with Crippen molar-refractivity contribution in [2.45, 2.75) is 12.8 Å². The number of aldehydes is 1. The van der Waals surface area contributed by atoms with Crippen molar-refractivity contribution in [1.29, 1.82) is 5.26 Å². The Morgan fingerprint density at radius 1 is 1.57 bits per heavy atom. The van der Waals surface area contributed by atoms with E-state index in [1.165, 1.54) is 6.07 Å². The highest BCUT2D eigenvalue weighted by Gasteiger charge is 2.37. The first-order valence-corrected chi connectivity index (χ1v) is 6.34. The third kappa shape index (κ3) is 2.69. The highest BCUT2D eigenvalue weighted by molar-refractivity contribution is 5.98. The maximum Gasteiger partial charge on any atom is 0.433 e. The van der Waals surface area contributed by atoms with E-state index in [2.05, 4.69) is 10.1 Å². The molecule has 1 aromatic rings. The lowest BCUT2D eigenvalue weighted by atomic mass is 9.84. The standard InChI is InChI=1S/C14H11N3O6/c1-7-8(5-15)12(10-3-4-11(23-10)17(20)21)13(14(19)22-2)9(6-18)16-7/h3-4,6,12,16H,1-2H3. The number of furan rings is 1. The molecule has 0 amide bonds. The van der Waals surface area contributed by atoms with E-state index in [4.69, 9.17) is 4.42 Å². The van der Waals surface area contributed by atoms with Gasteiger partial charge in [0.25, 0.3) is 0 Å². The van der Waals surface area contributed by atoms with Crippen molar-refractivity contribution in [3.05, 3.63) is 50.5 Å². The van der Waals surface area contributed by atoms with E-state index < -0.39 is 22.7 Å². The Labute approximate surface area is 130 Å².